The maximum atomic E-state index is 13.0. The second-order valence-corrected chi connectivity index (χ2v) is 10.8. The van der Waals surface area contributed by atoms with E-state index in [-0.39, 0.29) is 23.0 Å². The van der Waals surface area contributed by atoms with E-state index in [9.17, 15) is 18.0 Å². The first-order valence-corrected chi connectivity index (χ1v) is 12.9. The van der Waals surface area contributed by atoms with Gasteiger partial charge in [-0.2, -0.15) is 9.30 Å². The largest absolute Gasteiger partial charge is 0.468 e. The van der Waals surface area contributed by atoms with E-state index in [1.54, 1.807) is 4.57 Å². The molecule has 3 aromatic rings. The number of amides is 1. The molecule has 1 aliphatic rings. The fraction of sp³-hybridized carbons (Fsp3) is 0.348. The first-order valence-electron chi connectivity index (χ1n) is 10.7. The van der Waals surface area contributed by atoms with Crippen molar-refractivity contribution in [2.24, 2.45) is 4.99 Å². The summed E-state index contributed by atoms with van der Waals surface area (Å²) in [5.41, 5.74) is 1.04. The van der Waals surface area contributed by atoms with Crippen molar-refractivity contribution >= 4 is 43.5 Å². The molecule has 0 radical (unpaired) electrons. The highest BCUT2D eigenvalue weighted by molar-refractivity contribution is 7.89. The number of hydrogen-bond acceptors (Lipinski definition) is 6. The average Bonchev–Trinajstić information content (AvgIpc) is 3.16. The molecule has 1 fully saturated rings. The van der Waals surface area contributed by atoms with Gasteiger partial charge < -0.3 is 9.30 Å². The minimum atomic E-state index is -3.62. The summed E-state index contributed by atoms with van der Waals surface area (Å²) in [5.74, 6) is -0.968. The van der Waals surface area contributed by atoms with E-state index in [1.807, 2.05) is 31.2 Å². The smallest absolute Gasteiger partial charge is 0.325 e. The van der Waals surface area contributed by atoms with Gasteiger partial charge in [0.05, 0.1) is 22.2 Å². The summed E-state index contributed by atoms with van der Waals surface area (Å²) in [6, 6.07) is 13.3. The van der Waals surface area contributed by atoms with Crippen LogP contribution in [-0.2, 0) is 26.1 Å². The second kappa shape index (κ2) is 9.58. The van der Waals surface area contributed by atoms with E-state index >= 15 is 0 Å². The number of rotatable bonds is 5. The quantitative estimate of drug-likeness (QED) is 0.515. The molecule has 0 bridgehead atoms. The zero-order valence-electron chi connectivity index (χ0n) is 18.4. The molecule has 33 heavy (non-hydrogen) atoms. The van der Waals surface area contributed by atoms with E-state index in [0.29, 0.717) is 11.3 Å². The third-order valence-corrected chi connectivity index (χ3v) is 8.84. The normalized spacial score (nSPS) is 17.9. The summed E-state index contributed by atoms with van der Waals surface area (Å²) in [6.07, 6.45) is 2.71. The number of esters is 1. The van der Waals surface area contributed by atoms with Gasteiger partial charge in [0.1, 0.15) is 6.54 Å². The zero-order valence-corrected chi connectivity index (χ0v) is 20.1. The molecule has 174 valence electrons. The van der Waals surface area contributed by atoms with Crippen molar-refractivity contribution < 1.29 is 22.7 Å². The Labute approximate surface area is 196 Å². The van der Waals surface area contributed by atoms with Crippen LogP contribution in [0.1, 0.15) is 36.5 Å². The van der Waals surface area contributed by atoms with Gasteiger partial charge in [-0.05, 0) is 56.2 Å². The molecule has 1 aliphatic heterocycles. The summed E-state index contributed by atoms with van der Waals surface area (Å²) in [5, 5.41) is 0. The van der Waals surface area contributed by atoms with Crippen LogP contribution >= 0.6 is 11.3 Å². The summed E-state index contributed by atoms with van der Waals surface area (Å²) < 4.78 is 34.9. The first kappa shape index (κ1) is 23.3. The van der Waals surface area contributed by atoms with Crippen LogP contribution in [0.4, 0.5) is 0 Å². The van der Waals surface area contributed by atoms with Gasteiger partial charge in [-0.25, -0.2) is 8.42 Å². The van der Waals surface area contributed by atoms with Crippen molar-refractivity contribution in [1.29, 1.82) is 0 Å². The Morgan fingerprint density at radius 2 is 1.85 bits per heavy atom. The molecule has 1 unspecified atom stereocenters. The van der Waals surface area contributed by atoms with Gasteiger partial charge in [0.2, 0.25) is 10.0 Å². The zero-order chi connectivity index (χ0) is 23.6. The lowest BCUT2D eigenvalue weighted by atomic mass is 10.1. The predicted molar refractivity (Wildman–Crippen MR) is 125 cm³/mol. The molecule has 0 saturated carbocycles. The monoisotopic (exact) mass is 487 g/mol. The highest BCUT2D eigenvalue weighted by atomic mass is 32.2. The molecule has 1 amide bonds. The Hall–Kier alpha value is -2.82. The lowest BCUT2D eigenvalue weighted by molar-refractivity contribution is -0.141. The third-order valence-electron chi connectivity index (χ3n) is 5.75. The Balaban J connectivity index is 1.65. The molecule has 0 aliphatic carbocycles. The molecule has 4 rings (SSSR count). The molecular weight excluding hydrogens is 462 g/mol. The molecule has 8 nitrogen and oxygen atoms in total. The molecule has 1 saturated heterocycles. The molecule has 1 aromatic heterocycles. The number of carbonyl (C=O) groups is 2. The van der Waals surface area contributed by atoms with E-state index in [2.05, 4.69) is 4.99 Å². The maximum Gasteiger partial charge on any atom is 0.325 e. The van der Waals surface area contributed by atoms with Gasteiger partial charge in [0.25, 0.3) is 5.91 Å². The van der Waals surface area contributed by atoms with Crippen LogP contribution in [-0.4, -0.2) is 48.9 Å². The molecule has 2 aromatic carbocycles. The fourth-order valence-electron chi connectivity index (χ4n) is 3.94. The molecule has 0 spiro atoms. The summed E-state index contributed by atoms with van der Waals surface area (Å²) >= 11 is 1.29. The number of nitrogens with zero attached hydrogens (tertiary/aromatic N) is 3. The second-order valence-electron chi connectivity index (χ2n) is 7.92. The SMILES string of the molecule is COC(=O)Cn1c(=NC(=O)c2ccc(S(=O)(=O)N3CCCCC3C)cc2)sc2ccccc21. The molecular formula is C23H25N3O5S2. The van der Waals surface area contributed by atoms with Crippen molar-refractivity contribution in [3.63, 3.8) is 0 Å². The van der Waals surface area contributed by atoms with E-state index in [0.717, 1.165) is 29.5 Å². The van der Waals surface area contributed by atoms with Crippen molar-refractivity contribution in [1.82, 2.24) is 8.87 Å². The van der Waals surface area contributed by atoms with E-state index in [4.69, 9.17) is 4.74 Å². The summed E-state index contributed by atoms with van der Waals surface area (Å²) in [6.45, 7) is 2.35. The number of para-hydroxylation sites is 1. The van der Waals surface area contributed by atoms with E-state index < -0.39 is 21.9 Å². The minimum absolute atomic E-state index is 0.0433. The lowest BCUT2D eigenvalue weighted by Gasteiger charge is -2.32. The number of carbonyl (C=O) groups excluding carboxylic acids is 2. The molecule has 2 heterocycles. The van der Waals surface area contributed by atoms with Gasteiger partial charge in [-0.1, -0.05) is 29.9 Å². The van der Waals surface area contributed by atoms with Crippen LogP contribution in [0.15, 0.2) is 58.4 Å². The van der Waals surface area contributed by atoms with Gasteiger partial charge in [-0.15, -0.1) is 0 Å². The minimum Gasteiger partial charge on any atom is -0.468 e. The summed E-state index contributed by atoms with van der Waals surface area (Å²) in [7, 11) is -2.31. The van der Waals surface area contributed by atoms with Crippen LogP contribution < -0.4 is 4.80 Å². The number of piperidine rings is 1. The molecule has 0 N–H and O–H groups in total. The topological polar surface area (TPSA) is 98.0 Å². The number of ether oxygens (including phenoxy) is 1. The predicted octanol–water partition coefficient (Wildman–Crippen LogP) is 3.18. The van der Waals surface area contributed by atoms with E-state index in [1.165, 1.54) is 47.0 Å². The average molecular weight is 488 g/mol. The summed E-state index contributed by atoms with van der Waals surface area (Å²) in [4.78, 5) is 29.5. The highest BCUT2D eigenvalue weighted by Crippen LogP contribution is 2.25. The number of sulfonamides is 1. The van der Waals surface area contributed by atoms with Gasteiger partial charge in [-0.3, -0.25) is 9.59 Å². The first-order chi connectivity index (χ1) is 15.8. The van der Waals surface area contributed by atoms with Gasteiger partial charge in [0.15, 0.2) is 4.80 Å². The lowest BCUT2D eigenvalue weighted by Crippen LogP contribution is -2.41. The molecule has 10 heteroatoms. The number of fused-ring (bicyclic) bond motifs is 1. The fourth-order valence-corrected chi connectivity index (χ4v) is 6.66. The van der Waals surface area contributed by atoms with Crippen molar-refractivity contribution in [3.8, 4) is 0 Å². The Kier molecular flexibility index (Phi) is 6.78. The maximum absolute atomic E-state index is 13.0. The van der Waals surface area contributed by atoms with Crippen molar-refractivity contribution in [3.05, 3.63) is 58.9 Å². The standard InChI is InChI=1S/C23H25N3O5S2/c1-16-7-5-6-14-26(16)33(29,30)18-12-10-17(11-13-18)22(28)24-23-25(15-21(27)31-2)19-8-3-4-9-20(19)32-23/h3-4,8-13,16H,5-7,14-15H2,1-2H3. The highest BCUT2D eigenvalue weighted by Gasteiger charge is 2.30. The number of methoxy groups -OCH3 is 1. The van der Waals surface area contributed by atoms with Crippen molar-refractivity contribution in [2.75, 3.05) is 13.7 Å². The number of aromatic nitrogens is 1. The van der Waals surface area contributed by atoms with Gasteiger partial charge >= 0.3 is 5.97 Å². The van der Waals surface area contributed by atoms with Crippen LogP contribution in [0.3, 0.4) is 0 Å². The Bertz CT molecular complexity index is 1360. The van der Waals surface area contributed by atoms with Crippen LogP contribution in [0.25, 0.3) is 10.2 Å². The van der Waals surface area contributed by atoms with Crippen LogP contribution in [0.5, 0.6) is 0 Å². The number of hydrogen-bond donors (Lipinski definition) is 0. The van der Waals surface area contributed by atoms with Gasteiger partial charge in [0, 0.05) is 18.2 Å². The van der Waals surface area contributed by atoms with Crippen molar-refractivity contribution in [2.45, 2.75) is 43.7 Å². The number of thiazole rings is 1. The van der Waals surface area contributed by atoms with Crippen LogP contribution in [0, 0.1) is 0 Å². The Morgan fingerprint density at radius 1 is 1.12 bits per heavy atom. The third kappa shape index (κ3) is 4.78. The Morgan fingerprint density at radius 3 is 2.55 bits per heavy atom. The molecule has 1 atom stereocenters. The number of benzene rings is 2. The van der Waals surface area contributed by atoms with Crippen LogP contribution in [0.2, 0.25) is 0 Å².